The normalized spacial score (nSPS) is 25.6. The number of likely N-dealkylation sites (tertiary alicyclic amines) is 1. The zero-order chi connectivity index (χ0) is 16.9. The Morgan fingerprint density at radius 2 is 2.12 bits per heavy atom. The van der Waals surface area contributed by atoms with Crippen LogP contribution in [-0.4, -0.2) is 48.6 Å². The average Bonchev–Trinajstić information content (AvgIpc) is 3.06. The van der Waals surface area contributed by atoms with E-state index >= 15 is 0 Å². The molecule has 0 spiro atoms. The molecule has 7 nitrogen and oxygen atoms in total. The summed E-state index contributed by atoms with van der Waals surface area (Å²) in [7, 11) is 1.40. The van der Waals surface area contributed by atoms with Crippen molar-refractivity contribution in [3.05, 3.63) is 22.2 Å². The fourth-order valence-corrected chi connectivity index (χ4v) is 3.80. The molecule has 1 saturated carbocycles. The van der Waals surface area contributed by atoms with Crippen molar-refractivity contribution in [1.82, 2.24) is 10.1 Å². The van der Waals surface area contributed by atoms with Crippen LogP contribution in [0, 0.1) is 0 Å². The van der Waals surface area contributed by atoms with E-state index < -0.39 is 0 Å². The fourth-order valence-electron chi connectivity index (χ4n) is 3.80. The van der Waals surface area contributed by atoms with Crippen LogP contribution < -0.4 is 5.56 Å². The van der Waals surface area contributed by atoms with Gasteiger partial charge in [0.2, 0.25) is 0 Å². The lowest BCUT2D eigenvalue weighted by molar-refractivity contribution is -0.0194. The lowest BCUT2D eigenvalue weighted by atomic mass is 9.89. The zero-order valence-electron chi connectivity index (χ0n) is 14.2. The van der Waals surface area contributed by atoms with Crippen LogP contribution in [0.2, 0.25) is 0 Å². The Kier molecular flexibility index (Phi) is 5.60. The Hall–Kier alpha value is -1.76. The summed E-state index contributed by atoms with van der Waals surface area (Å²) in [6, 6.07) is 1.44. The molecule has 2 heterocycles. The lowest BCUT2D eigenvalue weighted by Crippen LogP contribution is -2.48. The number of carbonyl (C=O) groups excluding carboxylic acids is 1. The second-order valence-electron chi connectivity index (χ2n) is 6.75. The summed E-state index contributed by atoms with van der Waals surface area (Å²) in [6.45, 7) is 1.08. The Morgan fingerprint density at radius 1 is 1.33 bits per heavy atom. The maximum Gasteiger partial charge on any atom is 0.409 e. The number of hydrogen-bond acceptors (Lipinski definition) is 5. The predicted molar refractivity (Wildman–Crippen MR) is 87.0 cm³/mol. The molecule has 1 amide bonds. The van der Waals surface area contributed by atoms with Crippen molar-refractivity contribution >= 4 is 6.09 Å². The van der Waals surface area contributed by atoms with E-state index in [0.717, 1.165) is 19.3 Å². The average molecular weight is 338 g/mol. The van der Waals surface area contributed by atoms with Gasteiger partial charge < -0.3 is 18.9 Å². The minimum absolute atomic E-state index is 0.0571. The van der Waals surface area contributed by atoms with Gasteiger partial charge in [-0.1, -0.05) is 19.3 Å². The monoisotopic (exact) mass is 338 g/mol. The van der Waals surface area contributed by atoms with Crippen molar-refractivity contribution < 1.29 is 18.8 Å². The van der Waals surface area contributed by atoms with Gasteiger partial charge in [0, 0.05) is 18.5 Å². The van der Waals surface area contributed by atoms with E-state index in [0.29, 0.717) is 31.4 Å². The van der Waals surface area contributed by atoms with E-state index in [4.69, 9.17) is 14.0 Å². The summed E-state index contributed by atoms with van der Waals surface area (Å²) in [4.78, 5) is 25.1. The van der Waals surface area contributed by atoms with Gasteiger partial charge in [-0.2, -0.15) is 5.16 Å². The predicted octanol–water partition coefficient (Wildman–Crippen LogP) is 2.63. The van der Waals surface area contributed by atoms with Crippen molar-refractivity contribution in [2.24, 2.45) is 0 Å². The summed E-state index contributed by atoms with van der Waals surface area (Å²) < 4.78 is 16.3. The number of hydrogen-bond donors (Lipinski definition) is 1. The van der Waals surface area contributed by atoms with Crippen molar-refractivity contribution in [3.63, 3.8) is 0 Å². The molecule has 0 aromatic carbocycles. The van der Waals surface area contributed by atoms with E-state index in [2.05, 4.69) is 5.16 Å². The Balaban J connectivity index is 1.64. The molecule has 7 heteroatoms. The van der Waals surface area contributed by atoms with Gasteiger partial charge in [-0.3, -0.25) is 4.79 Å². The SMILES string of the molecule is COC(=O)N1CCC(c2cc(=O)[nH]o2)CC1COC1CCCCC1. The summed E-state index contributed by atoms with van der Waals surface area (Å²) in [5.41, 5.74) is -0.226. The molecule has 1 saturated heterocycles. The number of rotatable bonds is 4. The number of piperidine rings is 1. The van der Waals surface area contributed by atoms with E-state index in [1.54, 1.807) is 4.90 Å². The summed E-state index contributed by atoms with van der Waals surface area (Å²) in [5.74, 6) is 0.775. The second-order valence-corrected chi connectivity index (χ2v) is 6.75. The standard InChI is InChI=1S/C17H26N2O5/c1-22-17(21)19-8-7-12(15-10-16(20)18-24-15)9-13(19)11-23-14-5-3-2-4-6-14/h10,12-14H,2-9,11H2,1H3,(H,18,20). The number of nitrogens with zero attached hydrogens (tertiary/aromatic N) is 1. The number of ether oxygens (including phenoxy) is 2. The van der Waals surface area contributed by atoms with E-state index in [-0.39, 0.29) is 23.6 Å². The molecular formula is C17H26N2O5. The number of carbonyl (C=O) groups is 1. The molecule has 1 aliphatic carbocycles. The molecule has 1 aliphatic heterocycles. The third-order valence-electron chi connectivity index (χ3n) is 5.15. The largest absolute Gasteiger partial charge is 0.453 e. The van der Waals surface area contributed by atoms with Crippen LogP contribution in [0.1, 0.15) is 56.6 Å². The molecule has 2 fully saturated rings. The molecule has 3 rings (SSSR count). The van der Waals surface area contributed by atoms with Gasteiger partial charge in [-0.05, 0) is 25.7 Å². The maximum absolute atomic E-state index is 12.0. The van der Waals surface area contributed by atoms with Crippen molar-refractivity contribution in [2.45, 2.75) is 63.0 Å². The van der Waals surface area contributed by atoms with Crippen molar-refractivity contribution in [3.8, 4) is 0 Å². The Labute approximate surface area is 141 Å². The number of aromatic nitrogens is 1. The summed E-state index contributed by atoms with van der Waals surface area (Å²) in [6.07, 6.45) is 7.35. The molecular weight excluding hydrogens is 312 g/mol. The smallest absolute Gasteiger partial charge is 0.409 e. The van der Waals surface area contributed by atoms with Crippen LogP contribution in [0.25, 0.3) is 0 Å². The highest BCUT2D eigenvalue weighted by atomic mass is 16.5. The van der Waals surface area contributed by atoms with E-state index in [1.165, 1.54) is 32.4 Å². The summed E-state index contributed by atoms with van der Waals surface area (Å²) >= 11 is 0. The molecule has 2 atom stereocenters. The van der Waals surface area contributed by atoms with Crippen LogP contribution >= 0.6 is 0 Å². The molecule has 1 aromatic rings. The number of H-pyrrole nitrogens is 1. The number of aromatic amines is 1. The van der Waals surface area contributed by atoms with Crippen LogP contribution in [0.4, 0.5) is 4.79 Å². The van der Waals surface area contributed by atoms with Crippen molar-refractivity contribution in [2.75, 3.05) is 20.3 Å². The van der Waals surface area contributed by atoms with Gasteiger partial charge in [0.15, 0.2) is 0 Å². The van der Waals surface area contributed by atoms with Gasteiger partial charge in [0.1, 0.15) is 5.76 Å². The van der Waals surface area contributed by atoms with Gasteiger partial charge in [0.25, 0.3) is 5.56 Å². The first-order chi connectivity index (χ1) is 11.7. The molecule has 134 valence electrons. The van der Waals surface area contributed by atoms with Crippen molar-refractivity contribution in [1.29, 1.82) is 0 Å². The molecule has 1 N–H and O–H groups in total. The highest BCUT2D eigenvalue weighted by Crippen LogP contribution is 2.32. The first-order valence-corrected chi connectivity index (χ1v) is 8.82. The topological polar surface area (TPSA) is 84.8 Å². The van der Waals surface area contributed by atoms with Crippen LogP contribution in [0.5, 0.6) is 0 Å². The fraction of sp³-hybridized carbons (Fsp3) is 0.765. The third kappa shape index (κ3) is 4.01. The number of amides is 1. The zero-order valence-corrected chi connectivity index (χ0v) is 14.2. The first-order valence-electron chi connectivity index (χ1n) is 8.82. The van der Waals surface area contributed by atoms with Crippen LogP contribution in [-0.2, 0) is 9.47 Å². The van der Waals surface area contributed by atoms with Gasteiger partial charge in [-0.15, -0.1) is 0 Å². The highest BCUT2D eigenvalue weighted by Gasteiger charge is 2.35. The first kappa shape index (κ1) is 17.1. The highest BCUT2D eigenvalue weighted by molar-refractivity contribution is 5.68. The number of methoxy groups -OCH3 is 1. The minimum atomic E-state index is -0.318. The lowest BCUT2D eigenvalue weighted by Gasteiger charge is -2.38. The van der Waals surface area contributed by atoms with Gasteiger partial charge >= 0.3 is 6.09 Å². The van der Waals surface area contributed by atoms with Gasteiger partial charge in [-0.25, -0.2) is 4.79 Å². The second kappa shape index (κ2) is 7.88. The van der Waals surface area contributed by atoms with E-state index in [1.807, 2.05) is 0 Å². The molecule has 1 aromatic heterocycles. The molecule has 2 unspecified atom stereocenters. The summed E-state index contributed by atoms with van der Waals surface area (Å²) in [5, 5.41) is 2.34. The maximum atomic E-state index is 12.0. The quantitative estimate of drug-likeness (QED) is 0.912. The number of nitrogens with one attached hydrogen (secondary N) is 1. The molecule has 2 aliphatic rings. The Morgan fingerprint density at radius 3 is 2.79 bits per heavy atom. The Bertz CT molecular complexity index is 590. The van der Waals surface area contributed by atoms with E-state index in [9.17, 15) is 9.59 Å². The van der Waals surface area contributed by atoms with Crippen LogP contribution in [0.3, 0.4) is 0 Å². The van der Waals surface area contributed by atoms with Crippen LogP contribution in [0.15, 0.2) is 15.4 Å². The molecule has 24 heavy (non-hydrogen) atoms. The molecule has 0 radical (unpaired) electrons. The minimum Gasteiger partial charge on any atom is -0.453 e. The van der Waals surface area contributed by atoms with Gasteiger partial charge in [0.05, 0.1) is 25.9 Å². The molecule has 0 bridgehead atoms. The third-order valence-corrected chi connectivity index (χ3v) is 5.15.